The molecule has 0 amide bonds. The Labute approximate surface area is 70.7 Å². The van der Waals surface area contributed by atoms with Crippen molar-refractivity contribution in [1.82, 2.24) is 4.90 Å². The molecule has 0 saturated carbocycles. The second kappa shape index (κ2) is 4.72. The normalized spacial score (nSPS) is 15.2. The summed E-state index contributed by atoms with van der Waals surface area (Å²) >= 11 is 0. The molecule has 0 saturated heterocycles. The Morgan fingerprint density at radius 1 is 1.42 bits per heavy atom. The Morgan fingerprint density at radius 3 is 2.25 bits per heavy atom. The summed E-state index contributed by atoms with van der Waals surface area (Å²) in [7, 11) is 2.92. The van der Waals surface area contributed by atoms with Gasteiger partial charge in [0.2, 0.25) is 0 Å². The van der Waals surface area contributed by atoms with Crippen LogP contribution in [0.25, 0.3) is 0 Å². The first-order valence-corrected chi connectivity index (χ1v) is 3.77. The first kappa shape index (κ1) is 11.8. The number of likely N-dealkylation sites (N-methyl/N-ethyl adjacent to an activating group) is 1. The number of nitrogens with zero attached hydrogens (tertiary/aromatic N) is 1. The molecule has 1 atom stereocenters. The molecule has 0 aliphatic heterocycles. The van der Waals surface area contributed by atoms with Crippen LogP contribution in [0.2, 0.25) is 0 Å². The Kier molecular flexibility index (Phi) is 4.63. The average molecular weight is 184 g/mol. The fourth-order valence-electron chi connectivity index (χ4n) is 0.875. The van der Waals surface area contributed by atoms with Gasteiger partial charge >= 0.3 is 6.98 Å². The van der Waals surface area contributed by atoms with Crippen LogP contribution in [0.1, 0.15) is 6.92 Å². The van der Waals surface area contributed by atoms with Gasteiger partial charge in [-0.15, -0.1) is 0 Å². The summed E-state index contributed by atoms with van der Waals surface area (Å²) in [6, 6.07) is -0.196. The highest BCUT2D eigenvalue weighted by molar-refractivity contribution is 6.58. The monoisotopic (exact) mass is 184 g/mol. The molecule has 0 bridgehead atoms. The minimum absolute atomic E-state index is 0.196. The number of hydrogen-bond acceptors (Lipinski definition) is 2. The molecule has 1 unspecified atom stereocenters. The lowest BCUT2D eigenvalue weighted by atomic mass is 9.91. The molecule has 0 heterocycles. The van der Waals surface area contributed by atoms with Crippen molar-refractivity contribution in [2.75, 3.05) is 27.2 Å². The third kappa shape index (κ3) is 5.43. The Morgan fingerprint density at radius 2 is 1.92 bits per heavy atom. The lowest BCUT2D eigenvalue weighted by Gasteiger charge is -2.28. The molecule has 0 aromatic rings. The van der Waals surface area contributed by atoms with E-state index in [1.807, 2.05) is 0 Å². The second-order valence-electron chi connectivity index (χ2n) is 2.95. The van der Waals surface area contributed by atoms with Gasteiger partial charge in [0.05, 0.1) is 6.61 Å². The SMILES string of the molecule is COCC(C)N(C)C[B-](F)(F)F. The Bertz CT molecular complexity index is 130. The first-order chi connectivity index (χ1) is 5.37. The van der Waals surface area contributed by atoms with E-state index in [2.05, 4.69) is 0 Å². The number of methoxy groups -OCH3 is 1. The van der Waals surface area contributed by atoms with E-state index in [0.29, 0.717) is 6.61 Å². The van der Waals surface area contributed by atoms with Gasteiger partial charge in [-0.25, -0.2) is 0 Å². The summed E-state index contributed by atoms with van der Waals surface area (Å²) in [6.45, 7) is -2.70. The van der Waals surface area contributed by atoms with Crippen LogP contribution in [0.4, 0.5) is 12.9 Å². The third-order valence-electron chi connectivity index (χ3n) is 1.66. The van der Waals surface area contributed by atoms with Crippen molar-refractivity contribution >= 4 is 6.98 Å². The average Bonchev–Trinajstić information content (AvgIpc) is 1.84. The third-order valence-corrected chi connectivity index (χ3v) is 1.66. The van der Waals surface area contributed by atoms with Crippen molar-refractivity contribution in [2.24, 2.45) is 0 Å². The number of rotatable bonds is 5. The van der Waals surface area contributed by atoms with E-state index in [0.717, 1.165) is 0 Å². The largest absolute Gasteiger partial charge is 0.492 e. The second-order valence-corrected chi connectivity index (χ2v) is 2.95. The molecule has 0 aliphatic carbocycles. The van der Waals surface area contributed by atoms with Crippen LogP contribution in [-0.4, -0.2) is 45.1 Å². The molecule has 6 heteroatoms. The zero-order valence-corrected chi connectivity index (χ0v) is 7.56. The molecule has 0 rings (SSSR count). The number of hydrogen-bond donors (Lipinski definition) is 0. The standard InChI is InChI=1S/C6H14BF3NO/c1-6(4-12-3)11(2)5-7(8,9)10/h6H,4-5H2,1-3H3/q-1. The van der Waals surface area contributed by atoms with Gasteiger partial charge in [0, 0.05) is 13.2 Å². The van der Waals surface area contributed by atoms with Crippen LogP contribution in [0.15, 0.2) is 0 Å². The van der Waals surface area contributed by atoms with E-state index in [9.17, 15) is 12.9 Å². The van der Waals surface area contributed by atoms with Gasteiger partial charge in [0.25, 0.3) is 0 Å². The maximum absolute atomic E-state index is 11.9. The summed E-state index contributed by atoms with van der Waals surface area (Å²) in [5.41, 5.74) is 0. The van der Waals surface area contributed by atoms with Crippen LogP contribution in [0.5, 0.6) is 0 Å². The van der Waals surface area contributed by atoms with Gasteiger partial charge in [0.1, 0.15) is 0 Å². The zero-order valence-electron chi connectivity index (χ0n) is 7.56. The van der Waals surface area contributed by atoms with Crippen LogP contribution in [0.3, 0.4) is 0 Å². The lowest BCUT2D eigenvalue weighted by Crippen LogP contribution is -2.42. The smallest absolute Gasteiger partial charge is 0.448 e. The van der Waals surface area contributed by atoms with Crippen LogP contribution < -0.4 is 0 Å². The van der Waals surface area contributed by atoms with Crippen molar-refractivity contribution in [1.29, 1.82) is 0 Å². The molecule has 2 nitrogen and oxygen atoms in total. The summed E-state index contributed by atoms with van der Waals surface area (Å²) in [6.07, 6.45) is -0.829. The molecular weight excluding hydrogens is 170 g/mol. The van der Waals surface area contributed by atoms with E-state index in [-0.39, 0.29) is 6.04 Å². The summed E-state index contributed by atoms with van der Waals surface area (Å²) < 4.78 is 40.4. The molecule has 0 fully saturated rings. The molecule has 0 aromatic carbocycles. The zero-order chi connectivity index (χ0) is 9.78. The lowest BCUT2D eigenvalue weighted by molar-refractivity contribution is 0.120. The molecule has 12 heavy (non-hydrogen) atoms. The highest BCUT2D eigenvalue weighted by Gasteiger charge is 2.26. The number of halogens is 3. The van der Waals surface area contributed by atoms with Gasteiger partial charge in [-0.3, -0.25) is 0 Å². The van der Waals surface area contributed by atoms with Crippen LogP contribution >= 0.6 is 0 Å². The summed E-state index contributed by atoms with van der Waals surface area (Å²) in [4.78, 5) is 1.24. The predicted octanol–water partition coefficient (Wildman–Crippen LogP) is 1.34. The molecule has 0 radical (unpaired) electrons. The van der Waals surface area contributed by atoms with Crippen molar-refractivity contribution in [3.63, 3.8) is 0 Å². The van der Waals surface area contributed by atoms with E-state index in [4.69, 9.17) is 4.74 Å². The van der Waals surface area contributed by atoms with Gasteiger partial charge in [-0.1, -0.05) is 0 Å². The Balaban J connectivity index is 3.78. The highest BCUT2D eigenvalue weighted by Crippen LogP contribution is 2.11. The molecule has 0 aliphatic rings. The van der Waals surface area contributed by atoms with Crippen molar-refractivity contribution < 1.29 is 17.7 Å². The summed E-state index contributed by atoms with van der Waals surface area (Å²) in [5.74, 6) is 0. The van der Waals surface area contributed by atoms with Gasteiger partial charge in [0.15, 0.2) is 0 Å². The van der Waals surface area contributed by atoms with Crippen molar-refractivity contribution in [3.05, 3.63) is 0 Å². The fourth-order valence-corrected chi connectivity index (χ4v) is 0.875. The highest BCUT2D eigenvalue weighted by atomic mass is 19.4. The topological polar surface area (TPSA) is 12.5 Å². The van der Waals surface area contributed by atoms with E-state index >= 15 is 0 Å². The van der Waals surface area contributed by atoms with E-state index in [1.165, 1.54) is 19.1 Å². The number of ether oxygens (including phenoxy) is 1. The molecular formula is C6H14BF3NO-. The van der Waals surface area contributed by atoms with Crippen molar-refractivity contribution in [2.45, 2.75) is 13.0 Å². The molecule has 0 aromatic heterocycles. The maximum atomic E-state index is 11.9. The Hall–Kier alpha value is -0.225. The van der Waals surface area contributed by atoms with Crippen LogP contribution in [0, 0.1) is 0 Å². The minimum Gasteiger partial charge on any atom is -0.448 e. The minimum atomic E-state index is -4.72. The van der Waals surface area contributed by atoms with Gasteiger partial charge < -0.3 is 22.6 Å². The van der Waals surface area contributed by atoms with E-state index < -0.39 is 13.4 Å². The predicted molar refractivity (Wildman–Crippen MR) is 43.0 cm³/mol. The fraction of sp³-hybridized carbons (Fsp3) is 1.00. The van der Waals surface area contributed by atoms with Gasteiger partial charge in [-0.05, 0) is 20.4 Å². The quantitative estimate of drug-likeness (QED) is 0.597. The molecule has 74 valence electrons. The van der Waals surface area contributed by atoms with Crippen molar-refractivity contribution in [3.8, 4) is 0 Å². The first-order valence-electron chi connectivity index (χ1n) is 3.77. The summed E-state index contributed by atoms with van der Waals surface area (Å²) in [5, 5.41) is 0. The van der Waals surface area contributed by atoms with E-state index in [1.54, 1.807) is 6.92 Å². The molecule has 0 N–H and O–H groups in total. The van der Waals surface area contributed by atoms with Gasteiger partial charge in [-0.2, -0.15) is 0 Å². The molecule has 0 spiro atoms. The maximum Gasteiger partial charge on any atom is 0.492 e. The van der Waals surface area contributed by atoms with Crippen LogP contribution in [-0.2, 0) is 4.74 Å².